The fourth-order valence-corrected chi connectivity index (χ4v) is 1.97. The van der Waals surface area contributed by atoms with E-state index in [-0.39, 0.29) is 5.56 Å². The van der Waals surface area contributed by atoms with Gasteiger partial charge in [0.05, 0.1) is 17.9 Å². The second-order valence-electron chi connectivity index (χ2n) is 4.17. The van der Waals surface area contributed by atoms with Crippen LogP contribution in [-0.4, -0.2) is 25.8 Å². The highest BCUT2D eigenvalue weighted by molar-refractivity contribution is 5.90. The Morgan fingerprint density at radius 2 is 2.26 bits per heavy atom. The van der Waals surface area contributed by atoms with Crippen LogP contribution in [0, 0.1) is 25.2 Å². The summed E-state index contributed by atoms with van der Waals surface area (Å²) in [6.45, 7) is 3.80. The summed E-state index contributed by atoms with van der Waals surface area (Å²) in [5.41, 5.74) is 2.50. The van der Waals surface area contributed by atoms with Gasteiger partial charge in [-0.1, -0.05) is 0 Å². The van der Waals surface area contributed by atoms with Gasteiger partial charge in [0.15, 0.2) is 0 Å². The van der Waals surface area contributed by atoms with Gasteiger partial charge in [-0.15, -0.1) is 0 Å². The van der Waals surface area contributed by atoms with Gasteiger partial charge in [0.25, 0.3) is 0 Å². The number of carbonyl (C=O) groups is 1. The molecule has 0 aromatic carbocycles. The van der Waals surface area contributed by atoms with E-state index >= 15 is 0 Å². The van der Waals surface area contributed by atoms with E-state index in [4.69, 9.17) is 10.4 Å². The standard InChI is InChI=1S/C13H12N4O2/c1-8-12(13(18)19)9(2)17(16-8)7-10-3-4-15-11(5-10)6-14/h3-5H,7H2,1-2H3,(H,18,19). The van der Waals surface area contributed by atoms with Crippen LogP contribution in [0.5, 0.6) is 0 Å². The summed E-state index contributed by atoms with van der Waals surface area (Å²) in [7, 11) is 0. The molecule has 0 aliphatic rings. The maximum Gasteiger partial charge on any atom is 0.339 e. The maximum atomic E-state index is 11.1. The molecule has 0 radical (unpaired) electrons. The molecular formula is C13H12N4O2. The molecule has 2 aromatic heterocycles. The fraction of sp³-hybridized carbons (Fsp3) is 0.231. The third kappa shape index (κ3) is 2.45. The number of nitrogens with zero attached hydrogens (tertiary/aromatic N) is 4. The van der Waals surface area contributed by atoms with Crippen molar-refractivity contribution in [3.8, 4) is 6.07 Å². The Morgan fingerprint density at radius 3 is 2.84 bits per heavy atom. The molecule has 1 N–H and O–H groups in total. The lowest BCUT2D eigenvalue weighted by Crippen LogP contribution is -2.06. The summed E-state index contributed by atoms with van der Waals surface area (Å²) in [6, 6.07) is 5.41. The van der Waals surface area contributed by atoms with Crippen molar-refractivity contribution in [1.82, 2.24) is 14.8 Å². The zero-order valence-corrected chi connectivity index (χ0v) is 10.6. The minimum Gasteiger partial charge on any atom is -0.478 e. The van der Waals surface area contributed by atoms with E-state index in [1.165, 1.54) is 0 Å². The number of rotatable bonds is 3. The third-order valence-corrected chi connectivity index (χ3v) is 2.87. The molecule has 2 heterocycles. The average molecular weight is 256 g/mol. The summed E-state index contributed by atoms with van der Waals surface area (Å²) in [4.78, 5) is 15.0. The third-order valence-electron chi connectivity index (χ3n) is 2.87. The van der Waals surface area contributed by atoms with Gasteiger partial charge < -0.3 is 5.11 Å². The van der Waals surface area contributed by atoms with E-state index in [2.05, 4.69) is 10.1 Å². The second-order valence-corrected chi connectivity index (χ2v) is 4.17. The zero-order chi connectivity index (χ0) is 14.0. The van der Waals surface area contributed by atoms with E-state index in [0.29, 0.717) is 23.6 Å². The fourth-order valence-electron chi connectivity index (χ4n) is 1.97. The molecule has 6 heteroatoms. The number of aryl methyl sites for hydroxylation is 1. The molecule has 0 aliphatic carbocycles. The number of carboxylic acid groups (broad SMARTS) is 1. The molecule has 0 amide bonds. The lowest BCUT2D eigenvalue weighted by atomic mass is 10.2. The van der Waals surface area contributed by atoms with Gasteiger partial charge in [-0.3, -0.25) is 4.68 Å². The number of aromatic carboxylic acids is 1. The van der Waals surface area contributed by atoms with Crippen molar-refractivity contribution in [3.05, 3.63) is 46.5 Å². The summed E-state index contributed by atoms with van der Waals surface area (Å²) >= 11 is 0. The number of hydrogen-bond donors (Lipinski definition) is 1. The highest BCUT2D eigenvalue weighted by atomic mass is 16.4. The minimum atomic E-state index is -0.978. The van der Waals surface area contributed by atoms with Crippen molar-refractivity contribution in [2.24, 2.45) is 0 Å². The molecule has 2 aromatic rings. The van der Waals surface area contributed by atoms with Crippen molar-refractivity contribution in [1.29, 1.82) is 5.26 Å². The van der Waals surface area contributed by atoms with E-state index in [0.717, 1.165) is 5.56 Å². The minimum absolute atomic E-state index is 0.231. The van der Waals surface area contributed by atoms with Crippen LogP contribution in [0.4, 0.5) is 0 Å². The highest BCUT2D eigenvalue weighted by Gasteiger charge is 2.17. The van der Waals surface area contributed by atoms with E-state index in [1.54, 1.807) is 36.9 Å². The first-order valence-corrected chi connectivity index (χ1v) is 5.65. The van der Waals surface area contributed by atoms with E-state index in [9.17, 15) is 4.79 Å². The largest absolute Gasteiger partial charge is 0.478 e. The van der Waals surface area contributed by atoms with E-state index < -0.39 is 5.97 Å². The molecule has 0 bridgehead atoms. The molecule has 0 aliphatic heterocycles. The van der Waals surface area contributed by atoms with Crippen LogP contribution in [0.25, 0.3) is 0 Å². The predicted octanol–water partition coefficient (Wildman–Crippen LogP) is 1.51. The number of hydrogen-bond acceptors (Lipinski definition) is 4. The molecule has 0 spiro atoms. The molecule has 0 saturated carbocycles. The maximum absolute atomic E-state index is 11.1. The lowest BCUT2D eigenvalue weighted by molar-refractivity contribution is 0.0695. The SMILES string of the molecule is Cc1nn(Cc2ccnc(C#N)c2)c(C)c1C(=O)O. The number of nitriles is 1. The Bertz CT molecular complexity index is 682. The summed E-state index contributed by atoms with van der Waals surface area (Å²) in [5, 5.41) is 22.1. The molecular weight excluding hydrogens is 244 g/mol. The van der Waals surface area contributed by atoms with Crippen LogP contribution in [0.15, 0.2) is 18.3 Å². The van der Waals surface area contributed by atoms with Crippen LogP contribution in [-0.2, 0) is 6.54 Å². The first kappa shape index (κ1) is 12.8. The van der Waals surface area contributed by atoms with Crippen molar-refractivity contribution >= 4 is 5.97 Å². The smallest absolute Gasteiger partial charge is 0.339 e. The molecule has 0 atom stereocenters. The van der Waals surface area contributed by atoms with Crippen LogP contribution in [0.2, 0.25) is 0 Å². The van der Waals surface area contributed by atoms with Crippen molar-refractivity contribution in [3.63, 3.8) is 0 Å². The Kier molecular flexibility index (Phi) is 3.29. The Balaban J connectivity index is 2.37. The summed E-state index contributed by atoms with van der Waals surface area (Å²) in [6.07, 6.45) is 1.55. The molecule has 0 fully saturated rings. The van der Waals surface area contributed by atoms with Gasteiger partial charge in [-0.2, -0.15) is 10.4 Å². The quantitative estimate of drug-likeness (QED) is 0.898. The zero-order valence-electron chi connectivity index (χ0n) is 10.6. The van der Waals surface area contributed by atoms with E-state index in [1.807, 2.05) is 6.07 Å². The summed E-state index contributed by atoms with van der Waals surface area (Å²) in [5.74, 6) is -0.978. The van der Waals surface area contributed by atoms with Crippen LogP contribution in [0.1, 0.15) is 33.0 Å². The van der Waals surface area contributed by atoms with Crippen molar-refractivity contribution in [2.45, 2.75) is 20.4 Å². The Morgan fingerprint density at radius 1 is 1.53 bits per heavy atom. The van der Waals surface area contributed by atoms with Gasteiger partial charge in [-0.05, 0) is 31.5 Å². The molecule has 0 saturated heterocycles. The second kappa shape index (κ2) is 4.90. The van der Waals surface area contributed by atoms with Crippen molar-refractivity contribution < 1.29 is 9.90 Å². The first-order valence-electron chi connectivity index (χ1n) is 5.65. The molecule has 96 valence electrons. The number of carboxylic acids is 1. The topological polar surface area (TPSA) is 91.8 Å². The molecule has 2 rings (SSSR count). The number of aromatic nitrogens is 3. The first-order chi connectivity index (χ1) is 9.02. The van der Waals surface area contributed by atoms with Crippen LogP contribution < -0.4 is 0 Å². The van der Waals surface area contributed by atoms with Crippen LogP contribution >= 0.6 is 0 Å². The van der Waals surface area contributed by atoms with Gasteiger partial charge in [0.2, 0.25) is 0 Å². The molecule has 0 unspecified atom stereocenters. The van der Waals surface area contributed by atoms with Gasteiger partial charge in [-0.25, -0.2) is 9.78 Å². The van der Waals surface area contributed by atoms with Crippen LogP contribution in [0.3, 0.4) is 0 Å². The predicted molar refractivity (Wildman–Crippen MR) is 66.7 cm³/mol. The van der Waals surface area contributed by atoms with Gasteiger partial charge in [0.1, 0.15) is 17.3 Å². The average Bonchev–Trinajstić information content (AvgIpc) is 2.64. The Hall–Kier alpha value is -2.68. The monoisotopic (exact) mass is 256 g/mol. The molecule has 19 heavy (non-hydrogen) atoms. The number of pyridine rings is 1. The summed E-state index contributed by atoms with van der Waals surface area (Å²) < 4.78 is 1.62. The molecule has 6 nitrogen and oxygen atoms in total. The normalized spacial score (nSPS) is 10.2. The van der Waals surface area contributed by atoms with Gasteiger partial charge in [0, 0.05) is 6.20 Å². The van der Waals surface area contributed by atoms with Gasteiger partial charge >= 0.3 is 5.97 Å². The van der Waals surface area contributed by atoms with Crippen molar-refractivity contribution in [2.75, 3.05) is 0 Å². The highest BCUT2D eigenvalue weighted by Crippen LogP contribution is 2.14. The Labute approximate surface area is 109 Å². The lowest BCUT2D eigenvalue weighted by Gasteiger charge is -2.04.